The number of carbonyl (C=O) groups is 2. The number of thioether (sulfide) groups is 1. The van der Waals surface area contributed by atoms with E-state index < -0.39 is 33.2 Å². The van der Waals surface area contributed by atoms with Gasteiger partial charge in [0.25, 0.3) is 5.69 Å². The van der Waals surface area contributed by atoms with Crippen LogP contribution in [0.25, 0.3) is 0 Å². The number of benzene rings is 1. The average molecular weight is 394 g/mol. The largest absolute Gasteiger partial charge is 0.459 e. The van der Waals surface area contributed by atoms with E-state index >= 15 is 0 Å². The number of fused-ring (bicyclic) bond motifs is 1. The zero-order valence-electron chi connectivity index (χ0n) is 15.5. The Morgan fingerprint density at radius 2 is 1.96 bits per heavy atom. The minimum atomic E-state index is -1.15. The highest BCUT2D eigenvalue weighted by Gasteiger charge is 2.66. The van der Waals surface area contributed by atoms with Crippen molar-refractivity contribution in [2.45, 2.75) is 56.1 Å². The predicted molar refractivity (Wildman–Crippen MR) is 98.8 cm³/mol. The molecular weight excluding hydrogens is 372 g/mol. The number of non-ortho nitro benzene ring substituents is 1. The smallest absolute Gasteiger partial charge is 0.330 e. The van der Waals surface area contributed by atoms with E-state index in [0.717, 1.165) is 0 Å². The molecule has 0 spiro atoms. The van der Waals surface area contributed by atoms with Crippen molar-refractivity contribution in [2.24, 2.45) is 5.92 Å². The van der Waals surface area contributed by atoms with Gasteiger partial charge in [-0.25, -0.2) is 4.79 Å². The number of nitrogens with zero attached hydrogens (tertiary/aromatic N) is 2. The monoisotopic (exact) mass is 394 g/mol. The molecule has 2 saturated heterocycles. The molecule has 1 aromatic carbocycles. The van der Waals surface area contributed by atoms with Gasteiger partial charge in [0.15, 0.2) is 0 Å². The Kier molecular flexibility index (Phi) is 4.72. The molecule has 3 rings (SSSR count). The molecule has 1 unspecified atom stereocenters. The van der Waals surface area contributed by atoms with Gasteiger partial charge in [0.2, 0.25) is 5.91 Å². The van der Waals surface area contributed by atoms with Gasteiger partial charge in [-0.1, -0.05) is 0 Å². The van der Waals surface area contributed by atoms with E-state index in [9.17, 15) is 24.8 Å². The Bertz CT molecular complexity index is 786. The Labute approximate surface area is 161 Å². The Morgan fingerprint density at radius 1 is 1.37 bits per heavy atom. The van der Waals surface area contributed by atoms with Crippen LogP contribution in [0.4, 0.5) is 5.69 Å². The first-order valence-corrected chi connectivity index (χ1v) is 9.44. The van der Waals surface area contributed by atoms with Crippen LogP contribution in [0.2, 0.25) is 0 Å². The van der Waals surface area contributed by atoms with Gasteiger partial charge in [0.05, 0.1) is 21.8 Å². The van der Waals surface area contributed by atoms with Gasteiger partial charge in [-0.3, -0.25) is 14.9 Å². The van der Waals surface area contributed by atoms with Gasteiger partial charge >= 0.3 is 5.97 Å². The summed E-state index contributed by atoms with van der Waals surface area (Å²) in [6, 6.07) is 5.02. The first-order chi connectivity index (χ1) is 12.4. The Balaban J connectivity index is 1.69. The van der Waals surface area contributed by atoms with Gasteiger partial charge < -0.3 is 14.7 Å². The molecule has 1 aromatic rings. The minimum Gasteiger partial charge on any atom is -0.459 e. The first kappa shape index (κ1) is 19.6. The van der Waals surface area contributed by atoms with Crippen LogP contribution in [-0.2, 0) is 20.9 Å². The number of ether oxygens (including phenoxy) is 1. The molecule has 0 aliphatic carbocycles. The van der Waals surface area contributed by atoms with E-state index in [1.165, 1.54) is 40.9 Å². The molecule has 0 saturated carbocycles. The van der Waals surface area contributed by atoms with Crippen molar-refractivity contribution in [3.05, 3.63) is 39.9 Å². The molecular formula is C18H22N2O6S. The third-order valence-electron chi connectivity index (χ3n) is 4.95. The normalized spacial score (nSPS) is 26.3. The van der Waals surface area contributed by atoms with Crippen LogP contribution >= 0.6 is 11.8 Å². The highest BCUT2D eigenvalue weighted by molar-refractivity contribution is 8.01. The van der Waals surface area contributed by atoms with E-state index in [0.29, 0.717) is 5.56 Å². The number of aliphatic hydroxyl groups is 1. The zero-order chi connectivity index (χ0) is 20.1. The molecule has 2 aliphatic heterocycles. The summed E-state index contributed by atoms with van der Waals surface area (Å²) in [5, 5.41) is 20.7. The number of β-lactam (4-membered cyclic amide) rings is 1. The van der Waals surface area contributed by atoms with Crippen LogP contribution in [0, 0.1) is 16.0 Å². The van der Waals surface area contributed by atoms with Crippen molar-refractivity contribution in [3.8, 4) is 0 Å². The van der Waals surface area contributed by atoms with Crippen LogP contribution < -0.4 is 0 Å². The van der Waals surface area contributed by atoms with Gasteiger partial charge in [-0.05, 0) is 45.4 Å². The lowest BCUT2D eigenvalue weighted by Gasteiger charge is -2.48. The van der Waals surface area contributed by atoms with Crippen LogP contribution in [0.15, 0.2) is 24.3 Å². The van der Waals surface area contributed by atoms with Gasteiger partial charge in [-0.2, -0.15) is 0 Å². The Morgan fingerprint density at radius 3 is 2.48 bits per heavy atom. The maximum absolute atomic E-state index is 12.7. The number of carbonyl (C=O) groups excluding carboxylic acids is 2. The number of hydrogen-bond donors (Lipinski definition) is 1. The molecule has 27 heavy (non-hydrogen) atoms. The van der Waals surface area contributed by atoms with E-state index in [2.05, 4.69) is 0 Å². The molecule has 1 amide bonds. The van der Waals surface area contributed by atoms with Crippen molar-refractivity contribution < 1.29 is 24.4 Å². The van der Waals surface area contributed by atoms with E-state index in [1.807, 2.05) is 13.8 Å². The standard InChI is InChI=1S/C18H22N2O6S/c1-17(2,23)12-14(21)19-13(18(3,4)27-15(12)19)16(22)26-9-10-5-7-11(8-6-10)20(24)25/h5-8,12-13,15,23H,9H2,1-4H3/t12?,13-,15+/m0/s1. The first-order valence-electron chi connectivity index (χ1n) is 8.56. The molecule has 2 heterocycles. The summed E-state index contributed by atoms with van der Waals surface area (Å²) in [5.74, 6) is -1.31. The summed E-state index contributed by atoms with van der Waals surface area (Å²) in [6.07, 6.45) is 0. The van der Waals surface area contributed by atoms with Gasteiger partial charge in [0, 0.05) is 16.9 Å². The maximum atomic E-state index is 12.7. The van der Waals surface area contributed by atoms with Crippen molar-refractivity contribution in [3.63, 3.8) is 0 Å². The topological polar surface area (TPSA) is 110 Å². The predicted octanol–water partition coefficient (Wildman–Crippen LogP) is 2.09. The maximum Gasteiger partial charge on any atom is 0.330 e. The molecule has 0 radical (unpaired) electrons. The van der Waals surface area contributed by atoms with Gasteiger partial charge in [0.1, 0.15) is 12.6 Å². The molecule has 3 atom stereocenters. The molecule has 1 N–H and O–H groups in total. The third-order valence-corrected chi connectivity index (χ3v) is 6.53. The SMILES string of the molecule is CC(C)(O)C1C(=O)N2[C@@H]1SC(C)(C)[C@@H]2C(=O)OCc1ccc([N+](=O)[O-])cc1. The molecule has 0 aromatic heterocycles. The third kappa shape index (κ3) is 3.41. The van der Waals surface area contributed by atoms with E-state index in [-0.39, 0.29) is 23.6 Å². The number of nitro groups is 1. The lowest BCUT2D eigenvalue weighted by atomic mass is 9.81. The summed E-state index contributed by atoms with van der Waals surface area (Å²) in [4.78, 5) is 36.9. The number of nitro benzene ring substituents is 1. The zero-order valence-corrected chi connectivity index (χ0v) is 16.4. The van der Waals surface area contributed by atoms with Crippen LogP contribution in [0.1, 0.15) is 33.3 Å². The summed E-state index contributed by atoms with van der Waals surface area (Å²) in [6.45, 7) is 6.92. The molecule has 9 heteroatoms. The average Bonchev–Trinajstić information content (AvgIpc) is 2.78. The Hall–Kier alpha value is -2.13. The summed E-state index contributed by atoms with van der Waals surface area (Å²) in [5.41, 5.74) is -0.567. The lowest BCUT2D eigenvalue weighted by molar-refractivity contribution is -0.384. The highest BCUT2D eigenvalue weighted by Crippen LogP contribution is 2.55. The number of amides is 1. The molecule has 8 nitrogen and oxygen atoms in total. The van der Waals surface area contributed by atoms with Crippen molar-refractivity contribution >= 4 is 29.3 Å². The van der Waals surface area contributed by atoms with Crippen LogP contribution in [-0.4, -0.2) is 48.6 Å². The van der Waals surface area contributed by atoms with Crippen molar-refractivity contribution in [2.75, 3.05) is 0 Å². The lowest BCUT2D eigenvalue weighted by Crippen LogP contribution is -2.67. The quantitative estimate of drug-likeness (QED) is 0.352. The number of hydrogen-bond acceptors (Lipinski definition) is 7. The molecule has 2 fully saturated rings. The molecule has 0 bridgehead atoms. The second-order valence-corrected chi connectivity index (χ2v) is 9.69. The van der Waals surface area contributed by atoms with Gasteiger partial charge in [-0.15, -0.1) is 11.8 Å². The minimum absolute atomic E-state index is 0.0321. The van der Waals surface area contributed by atoms with E-state index in [1.54, 1.807) is 13.8 Å². The molecule has 146 valence electrons. The fraction of sp³-hybridized carbons (Fsp3) is 0.556. The number of rotatable bonds is 5. The second kappa shape index (κ2) is 6.49. The van der Waals surface area contributed by atoms with Crippen LogP contribution in [0.5, 0.6) is 0 Å². The highest BCUT2D eigenvalue weighted by atomic mass is 32.2. The van der Waals surface area contributed by atoms with Crippen molar-refractivity contribution in [1.82, 2.24) is 4.90 Å². The number of esters is 1. The summed E-state index contributed by atoms with van der Waals surface area (Å²) in [7, 11) is 0. The van der Waals surface area contributed by atoms with Crippen molar-refractivity contribution in [1.29, 1.82) is 0 Å². The fourth-order valence-corrected chi connectivity index (χ4v) is 5.48. The second-order valence-electron chi connectivity index (χ2n) is 7.92. The summed E-state index contributed by atoms with van der Waals surface area (Å²) < 4.78 is 4.84. The fourth-order valence-electron chi connectivity index (χ4n) is 3.59. The molecule has 2 aliphatic rings. The summed E-state index contributed by atoms with van der Waals surface area (Å²) >= 11 is 1.49. The van der Waals surface area contributed by atoms with E-state index in [4.69, 9.17) is 4.74 Å². The van der Waals surface area contributed by atoms with Crippen LogP contribution in [0.3, 0.4) is 0 Å².